The molecule has 0 aliphatic carbocycles. The van der Waals surface area contributed by atoms with E-state index in [-0.39, 0.29) is 25.5 Å². The van der Waals surface area contributed by atoms with E-state index in [0.717, 1.165) is 31.2 Å². The van der Waals surface area contributed by atoms with Gasteiger partial charge in [-0.15, -0.1) is 6.58 Å². The van der Waals surface area contributed by atoms with Crippen LogP contribution in [0.4, 0.5) is 4.79 Å². The van der Waals surface area contributed by atoms with Crippen molar-refractivity contribution in [3.05, 3.63) is 48.6 Å². The molecule has 0 saturated carbocycles. The molecule has 1 amide bonds. The molecule has 1 rings (SSSR count). The molecule has 0 unspecified atom stereocenters. The molecule has 134 valence electrons. The summed E-state index contributed by atoms with van der Waals surface area (Å²) in [6, 6.07) is 9.24. The summed E-state index contributed by atoms with van der Waals surface area (Å²) in [5.74, 6) is 0. The van der Waals surface area contributed by atoms with Gasteiger partial charge in [-0.2, -0.15) is 0 Å². The van der Waals surface area contributed by atoms with Crippen LogP contribution in [0.1, 0.15) is 38.2 Å². The average molecular weight is 335 g/mol. The molecular formula is C19H29NO4. The molecule has 0 fully saturated rings. The number of carbonyl (C=O) groups is 1. The van der Waals surface area contributed by atoms with Gasteiger partial charge in [-0.25, -0.2) is 4.79 Å². The molecule has 5 heteroatoms. The highest BCUT2D eigenvalue weighted by Gasteiger charge is 2.21. The molecule has 0 heterocycles. The monoisotopic (exact) mass is 335 g/mol. The van der Waals surface area contributed by atoms with E-state index in [0.29, 0.717) is 0 Å². The number of hydrogen-bond acceptors (Lipinski definition) is 4. The highest BCUT2D eigenvalue weighted by Crippen LogP contribution is 2.12. The van der Waals surface area contributed by atoms with Crippen LogP contribution < -0.4 is 5.32 Å². The number of unbranched alkanes of at least 4 members (excludes halogenated alkanes) is 2. The molecule has 1 aromatic carbocycles. The minimum Gasteiger partial charge on any atom is -0.445 e. The average Bonchev–Trinajstić information content (AvgIpc) is 2.62. The predicted octanol–water partition coefficient (Wildman–Crippen LogP) is 4.04. The number of rotatable bonds is 12. The Hall–Kier alpha value is -1.85. The summed E-state index contributed by atoms with van der Waals surface area (Å²) in [6.07, 6.45) is 5.11. The van der Waals surface area contributed by atoms with Gasteiger partial charge in [0.15, 0.2) is 0 Å². The minimum atomic E-state index is -0.481. The van der Waals surface area contributed by atoms with Crippen LogP contribution in [-0.4, -0.2) is 32.1 Å². The molecule has 2 atom stereocenters. The van der Waals surface area contributed by atoms with Crippen LogP contribution in [0.15, 0.2) is 43.0 Å². The van der Waals surface area contributed by atoms with Crippen LogP contribution in [0.3, 0.4) is 0 Å². The van der Waals surface area contributed by atoms with Crippen molar-refractivity contribution in [3.63, 3.8) is 0 Å². The third kappa shape index (κ3) is 8.13. The first-order valence-corrected chi connectivity index (χ1v) is 8.41. The van der Waals surface area contributed by atoms with Gasteiger partial charge in [-0.05, 0) is 12.0 Å². The van der Waals surface area contributed by atoms with E-state index in [1.165, 1.54) is 0 Å². The topological polar surface area (TPSA) is 56.8 Å². The molecule has 0 aromatic heterocycles. The summed E-state index contributed by atoms with van der Waals surface area (Å²) in [5.41, 5.74) is 0.943. The number of methoxy groups -OCH3 is 1. The van der Waals surface area contributed by atoms with Gasteiger partial charge in [-0.3, -0.25) is 0 Å². The molecule has 5 nitrogen and oxygen atoms in total. The second kappa shape index (κ2) is 12.6. The first kappa shape index (κ1) is 20.2. The van der Waals surface area contributed by atoms with Crippen LogP contribution in [0.5, 0.6) is 0 Å². The van der Waals surface area contributed by atoms with Gasteiger partial charge in [-0.1, -0.05) is 62.6 Å². The highest BCUT2D eigenvalue weighted by atomic mass is 16.7. The summed E-state index contributed by atoms with van der Waals surface area (Å²) in [7, 11) is 1.58. The fourth-order valence-electron chi connectivity index (χ4n) is 2.32. The number of nitrogens with one attached hydrogen (secondary N) is 1. The molecule has 0 radical (unpaired) electrons. The van der Waals surface area contributed by atoms with E-state index >= 15 is 0 Å². The standard InChI is InChI=1S/C19H29NO4/c1-4-6-8-13-18(24-15-22-3)17(5-2)20-19(21)23-14-16-11-9-7-10-12-16/h5,7,9-12,17-18H,2,4,6,8,13-15H2,1,3H3,(H,20,21)/t17-,18+/m1/s1. The van der Waals surface area contributed by atoms with Crippen molar-refractivity contribution in [3.8, 4) is 0 Å². The quantitative estimate of drug-likeness (QED) is 0.356. The summed E-state index contributed by atoms with van der Waals surface area (Å²) < 4.78 is 15.9. The summed E-state index contributed by atoms with van der Waals surface area (Å²) in [5, 5.41) is 2.81. The van der Waals surface area contributed by atoms with Gasteiger partial charge >= 0.3 is 6.09 Å². The lowest BCUT2D eigenvalue weighted by Gasteiger charge is -2.25. The van der Waals surface area contributed by atoms with Gasteiger partial charge in [0, 0.05) is 7.11 Å². The Kier molecular flexibility index (Phi) is 10.6. The van der Waals surface area contributed by atoms with Crippen molar-refractivity contribution in [2.24, 2.45) is 0 Å². The summed E-state index contributed by atoms with van der Waals surface area (Å²) >= 11 is 0. The second-order valence-electron chi connectivity index (χ2n) is 5.57. The number of carbonyl (C=O) groups excluding carboxylic acids is 1. The lowest BCUT2D eigenvalue weighted by atomic mass is 10.0. The zero-order valence-corrected chi connectivity index (χ0v) is 14.7. The molecule has 24 heavy (non-hydrogen) atoms. The number of alkyl carbamates (subject to hydrolysis) is 1. The largest absolute Gasteiger partial charge is 0.445 e. The maximum absolute atomic E-state index is 12.0. The molecule has 1 aromatic rings. The Morgan fingerprint density at radius 3 is 2.67 bits per heavy atom. The number of hydrogen-bond donors (Lipinski definition) is 1. The van der Waals surface area contributed by atoms with E-state index in [9.17, 15) is 4.79 Å². The van der Waals surface area contributed by atoms with E-state index < -0.39 is 6.09 Å². The number of ether oxygens (including phenoxy) is 3. The van der Waals surface area contributed by atoms with E-state index in [1.807, 2.05) is 30.3 Å². The second-order valence-corrected chi connectivity index (χ2v) is 5.57. The molecule has 0 aliphatic rings. The van der Waals surface area contributed by atoms with E-state index in [4.69, 9.17) is 14.2 Å². The smallest absolute Gasteiger partial charge is 0.408 e. The van der Waals surface area contributed by atoms with Crippen LogP contribution in [-0.2, 0) is 20.8 Å². The third-order valence-corrected chi connectivity index (χ3v) is 3.64. The fourth-order valence-corrected chi connectivity index (χ4v) is 2.32. The number of benzene rings is 1. The zero-order valence-electron chi connectivity index (χ0n) is 14.7. The van der Waals surface area contributed by atoms with Crippen LogP contribution >= 0.6 is 0 Å². The Morgan fingerprint density at radius 1 is 1.29 bits per heavy atom. The minimum absolute atomic E-state index is 0.182. The lowest BCUT2D eigenvalue weighted by Crippen LogP contribution is -2.43. The van der Waals surface area contributed by atoms with Gasteiger partial charge < -0.3 is 19.5 Å². The molecule has 1 N–H and O–H groups in total. The molecule has 0 aliphatic heterocycles. The van der Waals surface area contributed by atoms with Gasteiger partial charge in [0.05, 0.1) is 12.1 Å². The Labute approximate surface area is 145 Å². The summed E-state index contributed by atoms with van der Waals surface area (Å²) in [6.45, 7) is 6.36. The van der Waals surface area contributed by atoms with Crippen molar-refractivity contribution in [1.29, 1.82) is 0 Å². The van der Waals surface area contributed by atoms with Crippen LogP contribution in [0.25, 0.3) is 0 Å². The SMILES string of the molecule is C=C[C@@H](NC(=O)OCc1ccccc1)[C@H](CCCCC)OCOC. The van der Waals surface area contributed by atoms with Crippen molar-refractivity contribution in [1.82, 2.24) is 5.32 Å². The van der Waals surface area contributed by atoms with Gasteiger partial charge in [0.2, 0.25) is 0 Å². The van der Waals surface area contributed by atoms with Crippen molar-refractivity contribution in [2.75, 3.05) is 13.9 Å². The first-order chi connectivity index (χ1) is 11.7. The zero-order chi connectivity index (χ0) is 17.6. The van der Waals surface area contributed by atoms with E-state index in [1.54, 1.807) is 13.2 Å². The van der Waals surface area contributed by atoms with Crippen molar-refractivity contribution in [2.45, 2.75) is 51.4 Å². The maximum atomic E-state index is 12.0. The van der Waals surface area contributed by atoms with Gasteiger partial charge in [0.1, 0.15) is 13.4 Å². The summed E-state index contributed by atoms with van der Waals surface area (Å²) in [4.78, 5) is 12.0. The molecule has 0 spiro atoms. The third-order valence-electron chi connectivity index (χ3n) is 3.64. The molecule has 0 saturated heterocycles. The highest BCUT2D eigenvalue weighted by molar-refractivity contribution is 5.68. The Balaban J connectivity index is 2.50. The first-order valence-electron chi connectivity index (χ1n) is 8.41. The molecular weight excluding hydrogens is 306 g/mol. The maximum Gasteiger partial charge on any atom is 0.408 e. The van der Waals surface area contributed by atoms with Gasteiger partial charge in [0.25, 0.3) is 0 Å². The van der Waals surface area contributed by atoms with Crippen LogP contribution in [0.2, 0.25) is 0 Å². The molecule has 0 bridgehead atoms. The number of amides is 1. The van der Waals surface area contributed by atoms with Crippen molar-refractivity contribution >= 4 is 6.09 Å². The Bertz CT molecular complexity index is 464. The fraction of sp³-hybridized carbons (Fsp3) is 0.526. The normalized spacial score (nSPS) is 13.1. The Morgan fingerprint density at radius 2 is 2.04 bits per heavy atom. The van der Waals surface area contributed by atoms with E-state index in [2.05, 4.69) is 18.8 Å². The predicted molar refractivity (Wildman–Crippen MR) is 94.6 cm³/mol. The van der Waals surface area contributed by atoms with Crippen LogP contribution in [0, 0.1) is 0 Å². The lowest BCUT2D eigenvalue weighted by molar-refractivity contribution is -0.0810. The van der Waals surface area contributed by atoms with Crippen molar-refractivity contribution < 1.29 is 19.0 Å².